The first-order valence-corrected chi connectivity index (χ1v) is 7.77. The number of aliphatic hydroxyl groups excluding tert-OH is 1. The van der Waals surface area contributed by atoms with E-state index >= 15 is 0 Å². The smallest absolute Gasteiger partial charge is 0.155 e. The van der Waals surface area contributed by atoms with Crippen molar-refractivity contribution in [3.8, 4) is 5.75 Å². The Morgan fingerprint density at radius 2 is 1.70 bits per heavy atom. The largest absolute Gasteiger partial charge is 0.482 e. The molecule has 116 valence electrons. The van der Waals surface area contributed by atoms with Crippen LogP contribution >= 0.6 is 0 Å². The lowest BCUT2D eigenvalue weighted by Gasteiger charge is -2.29. The maximum absolute atomic E-state index is 10.8. The molecule has 3 nitrogen and oxygen atoms in total. The molecule has 3 aromatic carbocycles. The molecule has 0 heterocycles. The molecule has 2 atom stereocenters. The van der Waals surface area contributed by atoms with E-state index in [1.54, 1.807) is 0 Å². The molecule has 1 aliphatic carbocycles. The minimum atomic E-state index is -1.29. The first-order valence-electron chi connectivity index (χ1n) is 7.77. The Balaban J connectivity index is 1.80. The third-order valence-corrected chi connectivity index (χ3v) is 4.59. The molecule has 4 rings (SSSR count). The molecule has 0 unspecified atom stereocenters. The van der Waals surface area contributed by atoms with Crippen molar-refractivity contribution >= 4 is 10.8 Å². The Morgan fingerprint density at radius 1 is 0.957 bits per heavy atom. The topological polar surface area (TPSA) is 49.7 Å². The Hall–Kier alpha value is -2.36. The van der Waals surface area contributed by atoms with Gasteiger partial charge >= 0.3 is 0 Å². The fraction of sp³-hybridized carbons (Fsp3) is 0.200. The monoisotopic (exact) mass is 306 g/mol. The van der Waals surface area contributed by atoms with E-state index in [-0.39, 0.29) is 6.61 Å². The molecular weight excluding hydrogens is 288 g/mol. The molecule has 3 heteroatoms. The number of aliphatic hydroxyl groups is 2. The van der Waals surface area contributed by atoms with Crippen molar-refractivity contribution in [2.75, 3.05) is 6.61 Å². The zero-order chi connectivity index (χ0) is 15.9. The van der Waals surface area contributed by atoms with E-state index < -0.39 is 11.7 Å². The zero-order valence-electron chi connectivity index (χ0n) is 12.6. The number of fused-ring (bicyclic) bond motifs is 2. The number of rotatable bonds is 3. The van der Waals surface area contributed by atoms with Crippen LogP contribution in [0.5, 0.6) is 5.75 Å². The molecule has 0 spiro atoms. The van der Waals surface area contributed by atoms with E-state index in [9.17, 15) is 10.2 Å². The van der Waals surface area contributed by atoms with Crippen LogP contribution in [0, 0.1) is 0 Å². The van der Waals surface area contributed by atoms with Crippen molar-refractivity contribution in [1.29, 1.82) is 0 Å². The van der Waals surface area contributed by atoms with Crippen LogP contribution in [0.25, 0.3) is 10.8 Å². The summed E-state index contributed by atoms with van der Waals surface area (Å²) in [5.41, 5.74) is 0.673. The lowest BCUT2D eigenvalue weighted by molar-refractivity contribution is -0.0843. The number of hydrogen-bond acceptors (Lipinski definition) is 3. The summed E-state index contributed by atoms with van der Waals surface area (Å²) in [5.74, 6) is 0.719. The van der Waals surface area contributed by atoms with Gasteiger partial charge in [0.15, 0.2) is 6.10 Å². The lowest BCUT2D eigenvalue weighted by atomic mass is 9.98. The average Bonchev–Trinajstić information content (AvgIpc) is 2.88. The quantitative estimate of drug-likeness (QED) is 0.781. The van der Waals surface area contributed by atoms with Gasteiger partial charge < -0.3 is 14.9 Å². The summed E-state index contributed by atoms with van der Waals surface area (Å²) in [6, 6.07) is 21.7. The van der Waals surface area contributed by atoms with Crippen LogP contribution < -0.4 is 4.74 Å². The zero-order valence-corrected chi connectivity index (χ0v) is 12.6. The molecular formula is C20H18O3. The Morgan fingerprint density at radius 3 is 2.57 bits per heavy atom. The molecule has 0 bridgehead atoms. The van der Waals surface area contributed by atoms with Crippen molar-refractivity contribution in [3.63, 3.8) is 0 Å². The average molecular weight is 306 g/mol. The van der Waals surface area contributed by atoms with Crippen LogP contribution in [0.3, 0.4) is 0 Å². The molecule has 0 fully saturated rings. The maximum atomic E-state index is 10.8. The van der Waals surface area contributed by atoms with Gasteiger partial charge in [-0.3, -0.25) is 0 Å². The highest BCUT2D eigenvalue weighted by molar-refractivity contribution is 5.88. The van der Waals surface area contributed by atoms with Gasteiger partial charge in [-0.05, 0) is 22.6 Å². The third-order valence-electron chi connectivity index (χ3n) is 4.59. The van der Waals surface area contributed by atoms with Crippen molar-refractivity contribution < 1.29 is 14.9 Å². The van der Waals surface area contributed by atoms with Crippen LogP contribution in [0.2, 0.25) is 0 Å². The van der Waals surface area contributed by atoms with Gasteiger partial charge in [-0.2, -0.15) is 0 Å². The summed E-state index contributed by atoms with van der Waals surface area (Å²) in [6.45, 7) is -0.336. The molecule has 0 saturated carbocycles. The van der Waals surface area contributed by atoms with Gasteiger partial charge in [0, 0.05) is 11.8 Å². The fourth-order valence-corrected chi connectivity index (χ4v) is 3.40. The Kier molecular flexibility index (Phi) is 3.33. The van der Waals surface area contributed by atoms with E-state index in [0.717, 1.165) is 27.6 Å². The van der Waals surface area contributed by atoms with E-state index in [4.69, 9.17) is 4.74 Å². The van der Waals surface area contributed by atoms with Crippen LogP contribution in [-0.2, 0) is 6.42 Å². The van der Waals surface area contributed by atoms with E-state index in [1.165, 1.54) is 0 Å². The van der Waals surface area contributed by atoms with Gasteiger partial charge in [0.25, 0.3) is 0 Å². The van der Waals surface area contributed by atoms with Crippen molar-refractivity contribution in [3.05, 3.63) is 77.9 Å². The normalized spacial score (nSPS) is 23.0. The highest BCUT2D eigenvalue weighted by atomic mass is 16.5. The van der Waals surface area contributed by atoms with Gasteiger partial charge in [0.05, 0.1) is 6.61 Å². The highest BCUT2D eigenvalue weighted by Crippen LogP contribution is 2.43. The SMILES string of the molecule is OC[C@]1(O)Cc2ccccc2[C@@H]1Oc1cccc2ccccc12. The maximum Gasteiger partial charge on any atom is 0.155 e. The molecule has 0 radical (unpaired) electrons. The van der Waals surface area contributed by atoms with Crippen molar-refractivity contribution in [1.82, 2.24) is 0 Å². The summed E-state index contributed by atoms with van der Waals surface area (Å²) in [6.07, 6.45) is -0.177. The third kappa shape index (κ3) is 2.29. The number of hydrogen-bond donors (Lipinski definition) is 2. The molecule has 1 aliphatic rings. The van der Waals surface area contributed by atoms with Gasteiger partial charge in [0.1, 0.15) is 11.4 Å². The Labute approximate surface area is 134 Å². The minimum Gasteiger partial charge on any atom is -0.482 e. The van der Waals surface area contributed by atoms with E-state index in [0.29, 0.717) is 6.42 Å². The fourth-order valence-electron chi connectivity index (χ4n) is 3.40. The van der Waals surface area contributed by atoms with Crippen LogP contribution in [0.1, 0.15) is 17.2 Å². The highest BCUT2D eigenvalue weighted by Gasteiger charge is 2.46. The summed E-state index contributed by atoms with van der Waals surface area (Å²) in [4.78, 5) is 0. The molecule has 2 N–H and O–H groups in total. The second-order valence-corrected chi connectivity index (χ2v) is 6.11. The second kappa shape index (κ2) is 5.37. The van der Waals surface area contributed by atoms with Crippen LogP contribution in [0.4, 0.5) is 0 Å². The minimum absolute atomic E-state index is 0.336. The molecule has 0 amide bonds. The number of benzene rings is 3. The predicted octanol–water partition coefficient (Wildman–Crippen LogP) is 3.24. The summed E-state index contributed by atoms with van der Waals surface area (Å²) in [7, 11) is 0. The lowest BCUT2D eigenvalue weighted by Crippen LogP contribution is -2.40. The van der Waals surface area contributed by atoms with Gasteiger partial charge in [-0.25, -0.2) is 0 Å². The standard InChI is InChI=1S/C20H18O3/c21-13-20(22)12-15-7-2-4-10-17(15)19(20)23-18-11-5-8-14-6-1-3-9-16(14)18/h1-11,19,21-22H,12-13H2/t19-,20+/m0/s1. The summed E-state index contributed by atoms with van der Waals surface area (Å²) < 4.78 is 6.21. The molecule has 0 aliphatic heterocycles. The molecule has 0 aromatic heterocycles. The van der Waals surface area contributed by atoms with Crippen LogP contribution in [-0.4, -0.2) is 22.4 Å². The number of ether oxygens (including phenoxy) is 1. The molecule has 3 aromatic rings. The predicted molar refractivity (Wildman–Crippen MR) is 89.5 cm³/mol. The molecule has 0 saturated heterocycles. The van der Waals surface area contributed by atoms with E-state index in [1.807, 2.05) is 66.7 Å². The Bertz CT molecular complexity index is 853. The van der Waals surface area contributed by atoms with Gasteiger partial charge in [-0.1, -0.05) is 60.7 Å². The summed E-state index contributed by atoms with van der Waals surface area (Å²) in [5, 5.41) is 22.7. The van der Waals surface area contributed by atoms with Gasteiger partial charge in [0.2, 0.25) is 0 Å². The first-order chi connectivity index (χ1) is 11.2. The van der Waals surface area contributed by atoms with Crippen LogP contribution in [0.15, 0.2) is 66.7 Å². The van der Waals surface area contributed by atoms with Gasteiger partial charge in [-0.15, -0.1) is 0 Å². The van der Waals surface area contributed by atoms with Crippen molar-refractivity contribution in [2.45, 2.75) is 18.1 Å². The molecule has 23 heavy (non-hydrogen) atoms. The second-order valence-electron chi connectivity index (χ2n) is 6.11. The van der Waals surface area contributed by atoms with E-state index in [2.05, 4.69) is 0 Å². The first kappa shape index (κ1) is 14.2. The summed E-state index contributed by atoms with van der Waals surface area (Å²) >= 11 is 0. The van der Waals surface area contributed by atoms with Crippen molar-refractivity contribution in [2.24, 2.45) is 0 Å².